The van der Waals surface area contributed by atoms with Crippen molar-refractivity contribution < 1.29 is 4.74 Å². The van der Waals surface area contributed by atoms with E-state index in [9.17, 15) is 0 Å². The molecule has 0 saturated carbocycles. The van der Waals surface area contributed by atoms with Crippen molar-refractivity contribution in [2.75, 3.05) is 11.9 Å². The molecule has 0 heterocycles. The molecule has 0 amide bonds. The SMILES string of the molecule is ClSc1ccc(OCCCBr)cc1. The Morgan fingerprint density at radius 1 is 1.31 bits per heavy atom. The van der Waals surface area contributed by atoms with Gasteiger partial charge >= 0.3 is 0 Å². The zero-order valence-corrected chi connectivity index (χ0v) is 10.2. The Balaban J connectivity index is 2.40. The first-order chi connectivity index (χ1) is 6.36. The van der Waals surface area contributed by atoms with Crippen LogP contribution in [0.5, 0.6) is 5.75 Å². The van der Waals surface area contributed by atoms with Gasteiger partial charge in [0.2, 0.25) is 0 Å². The second-order valence-corrected chi connectivity index (χ2v) is 4.32. The molecule has 0 aliphatic heterocycles. The van der Waals surface area contributed by atoms with Gasteiger partial charge in [0.1, 0.15) is 5.75 Å². The molecule has 0 radical (unpaired) electrons. The number of halogens is 2. The molecule has 1 nitrogen and oxygen atoms in total. The Labute approximate surface area is 95.4 Å². The molecule has 0 aliphatic rings. The first-order valence-corrected chi connectivity index (χ1v) is 6.70. The average Bonchev–Trinajstić information content (AvgIpc) is 2.19. The summed E-state index contributed by atoms with van der Waals surface area (Å²) < 4.78 is 5.46. The highest BCUT2D eigenvalue weighted by Gasteiger charge is 1.94. The maximum Gasteiger partial charge on any atom is 0.119 e. The highest BCUT2D eigenvalue weighted by Crippen LogP contribution is 2.24. The lowest BCUT2D eigenvalue weighted by atomic mass is 10.3. The minimum Gasteiger partial charge on any atom is -0.494 e. The number of hydrogen-bond acceptors (Lipinski definition) is 2. The third-order valence-electron chi connectivity index (χ3n) is 1.46. The topological polar surface area (TPSA) is 9.23 Å². The van der Waals surface area contributed by atoms with Crippen LogP contribution in [0, 0.1) is 0 Å². The summed E-state index contributed by atoms with van der Waals surface area (Å²) in [5, 5.41) is 0.975. The summed E-state index contributed by atoms with van der Waals surface area (Å²) in [5.41, 5.74) is 0. The molecule has 4 heteroatoms. The molecule has 0 N–H and O–H groups in total. The molecule has 0 saturated heterocycles. The minimum absolute atomic E-state index is 0.749. The van der Waals surface area contributed by atoms with Crippen LogP contribution in [0.2, 0.25) is 0 Å². The lowest BCUT2D eigenvalue weighted by Crippen LogP contribution is -1.96. The first kappa shape index (κ1) is 11.2. The zero-order chi connectivity index (χ0) is 9.52. The van der Waals surface area contributed by atoms with Gasteiger partial charge in [0.15, 0.2) is 0 Å². The van der Waals surface area contributed by atoms with Crippen LogP contribution in [-0.2, 0) is 0 Å². The van der Waals surface area contributed by atoms with Crippen LogP contribution in [0.1, 0.15) is 6.42 Å². The average molecular weight is 282 g/mol. The molecule has 1 aromatic carbocycles. The lowest BCUT2D eigenvalue weighted by molar-refractivity contribution is 0.319. The Kier molecular flexibility index (Phi) is 5.67. The number of rotatable bonds is 5. The Morgan fingerprint density at radius 3 is 2.54 bits per heavy atom. The largest absolute Gasteiger partial charge is 0.494 e. The highest BCUT2D eigenvalue weighted by atomic mass is 79.9. The van der Waals surface area contributed by atoms with Gasteiger partial charge in [0, 0.05) is 10.2 Å². The predicted molar refractivity (Wildman–Crippen MR) is 62.1 cm³/mol. The lowest BCUT2D eigenvalue weighted by Gasteiger charge is -2.04. The number of benzene rings is 1. The van der Waals surface area contributed by atoms with Crippen LogP contribution in [0.15, 0.2) is 29.2 Å². The van der Waals surface area contributed by atoms with E-state index in [0.29, 0.717) is 0 Å². The summed E-state index contributed by atoms with van der Waals surface area (Å²) in [6, 6.07) is 7.75. The molecule has 0 fully saturated rings. The molecule has 0 aliphatic carbocycles. The van der Waals surface area contributed by atoms with Gasteiger partial charge in [-0.1, -0.05) is 15.9 Å². The minimum atomic E-state index is 0.749. The summed E-state index contributed by atoms with van der Waals surface area (Å²) >= 11 is 3.34. The maximum absolute atomic E-state index is 5.58. The van der Waals surface area contributed by atoms with E-state index in [1.165, 1.54) is 11.0 Å². The number of alkyl halides is 1. The fourth-order valence-corrected chi connectivity index (χ4v) is 1.61. The summed E-state index contributed by atoms with van der Waals surface area (Å²) in [6.45, 7) is 0.749. The van der Waals surface area contributed by atoms with Crippen molar-refractivity contribution >= 4 is 37.6 Å². The van der Waals surface area contributed by atoms with Gasteiger partial charge in [-0.25, -0.2) is 0 Å². The smallest absolute Gasteiger partial charge is 0.119 e. The normalized spacial score (nSPS) is 10.0. The van der Waals surface area contributed by atoms with E-state index in [1.807, 2.05) is 24.3 Å². The van der Waals surface area contributed by atoms with Crippen molar-refractivity contribution in [2.24, 2.45) is 0 Å². The molecule has 0 aromatic heterocycles. The van der Waals surface area contributed by atoms with Crippen LogP contribution < -0.4 is 4.74 Å². The van der Waals surface area contributed by atoms with Crippen molar-refractivity contribution in [3.05, 3.63) is 24.3 Å². The van der Waals surface area contributed by atoms with E-state index in [2.05, 4.69) is 15.9 Å². The van der Waals surface area contributed by atoms with Crippen molar-refractivity contribution in [1.82, 2.24) is 0 Å². The molecular weight excluding hydrogens is 272 g/mol. The third-order valence-corrected chi connectivity index (χ3v) is 3.01. The van der Waals surface area contributed by atoms with Gasteiger partial charge < -0.3 is 4.74 Å². The summed E-state index contributed by atoms with van der Waals surface area (Å²) in [6.07, 6.45) is 1.02. The van der Waals surface area contributed by atoms with E-state index in [0.717, 1.165) is 29.0 Å². The Bertz CT molecular complexity index is 240. The highest BCUT2D eigenvalue weighted by molar-refractivity contribution is 9.09. The zero-order valence-electron chi connectivity index (χ0n) is 7.00. The van der Waals surface area contributed by atoms with Gasteiger partial charge in [-0.2, -0.15) is 0 Å². The van der Waals surface area contributed by atoms with E-state index in [1.54, 1.807) is 0 Å². The second kappa shape index (κ2) is 6.57. The van der Waals surface area contributed by atoms with Gasteiger partial charge in [-0.15, -0.1) is 0 Å². The number of ether oxygens (including phenoxy) is 1. The summed E-state index contributed by atoms with van der Waals surface area (Å²) in [5.74, 6) is 0.899. The Hall–Kier alpha value is 0.140. The van der Waals surface area contributed by atoms with E-state index >= 15 is 0 Å². The van der Waals surface area contributed by atoms with Crippen molar-refractivity contribution in [3.63, 3.8) is 0 Å². The Morgan fingerprint density at radius 2 is 2.00 bits per heavy atom. The maximum atomic E-state index is 5.58. The summed E-state index contributed by atoms with van der Waals surface area (Å²) in [7, 11) is 6.79. The molecule has 0 atom stereocenters. The van der Waals surface area contributed by atoms with Crippen molar-refractivity contribution in [2.45, 2.75) is 11.3 Å². The second-order valence-electron chi connectivity index (χ2n) is 2.44. The molecule has 1 rings (SSSR count). The molecule has 0 spiro atoms. The van der Waals surface area contributed by atoms with Gasteiger partial charge in [-0.3, -0.25) is 0 Å². The van der Waals surface area contributed by atoms with E-state index in [4.69, 9.17) is 15.4 Å². The molecule has 0 bridgehead atoms. The van der Waals surface area contributed by atoms with Crippen LogP contribution in [0.4, 0.5) is 0 Å². The van der Waals surface area contributed by atoms with Gasteiger partial charge in [0.25, 0.3) is 0 Å². The quantitative estimate of drug-likeness (QED) is 0.594. The molecule has 1 aromatic rings. The number of hydrogen-bond donors (Lipinski definition) is 0. The van der Waals surface area contributed by atoms with Crippen LogP contribution >= 0.6 is 37.6 Å². The van der Waals surface area contributed by atoms with Crippen LogP contribution in [0.25, 0.3) is 0 Å². The fourth-order valence-electron chi connectivity index (χ4n) is 0.832. The molecular formula is C9H10BrClOS. The molecule has 72 valence electrons. The van der Waals surface area contributed by atoms with Crippen molar-refractivity contribution in [3.8, 4) is 5.75 Å². The van der Waals surface area contributed by atoms with E-state index < -0.39 is 0 Å². The van der Waals surface area contributed by atoms with Crippen molar-refractivity contribution in [1.29, 1.82) is 0 Å². The van der Waals surface area contributed by atoms with Crippen LogP contribution in [-0.4, -0.2) is 11.9 Å². The summed E-state index contributed by atoms with van der Waals surface area (Å²) in [4.78, 5) is 1.04. The molecule has 0 unspecified atom stereocenters. The standard InChI is InChI=1S/C9H10BrClOS/c10-6-1-7-12-8-2-4-9(13-11)5-3-8/h2-5H,1,6-7H2. The van der Waals surface area contributed by atoms with E-state index in [-0.39, 0.29) is 0 Å². The van der Waals surface area contributed by atoms with Crippen LogP contribution in [0.3, 0.4) is 0 Å². The predicted octanol–water partition coefficient (Wildman–Crippen LogP) is 4.10. The third kappa shape index (κ3) is 4.25. The molecule has 13 heavy (non-hydrogen) atoms. The monoisotopic (exact) mass is 280 g/mol. The van der Waals surface area contributed by atoms with Gasteiger partial charge in [0.05, 0.1) is 6.61 Å². The first-order valence-electron chi connectivity index (χ1n) is 3.94. The van der Waals surface area contributed by atoms with Gasteiger partial charge in [-0.05, 0) is 52.3 Å². The fraction of sp³-hybridized carbons (Fsp3) is 0.333.